The van der Waals surface area contributed by atoms with Gasteiger partial charge in [0.05, 0.1) is 0 Å². The van der Waals surface area contributed by atoms with Crippen molar-refractivity contribution in [3.8, 4) is 5.75 Å². The minimum absolute atomic E-state index is 0.107. The van der Waals surface area contributed by atoms with Crippen molar-refractivity contribution in [2.45, 2.75) is 40.7 Å². The summed E-state index contributed by atoms with van der Waals surface area (Å²) in [6.07, 6.45) is -0.808. The lowest BCUT2D eigenvalue weighted by molar-refractivity contribution is -0.128. The second-order valence-electron chi connectivity index (χ2n) is 7.29. The molecule has 0 heterocycles. The minimum atomic E-state index is -0.808. The molecule has 3 amide bonds. The van der Waals surface area contributed by atoms with Crippen molar-refractivity contribution in [1.82, 2.24) is 10.9 Å². The number of benzene rings is 2. The molecule has 0 aromatic heterocycles. The number of halogens is 1. The van der Waals surface area contributed by atoms with Gasteiger partial charge in [0.1, 0.15) is 5.75 Å². The first-order chi connectivity index (χ1) is 14.1. The Balaban J connectivity index is 1.91. The van der Waals surface area contributed by atoms with E-state index < -0.39 is 17.9 Å². The van der Waals surface area contributed by atoms with Gasteiger partial charge in [-0.1, -0.05) is 29.8 Å². The average molecular weight is 476 g/mol. The lowest BCUT2D eigenvalue weighted by atomic mass is 10.1. The molecule has 0 radical (unpaired) electrons. The van der Waals surface area contributed by atoms with Crippen molar-refractivity contribution in [2.24, 2.45) is 5.92 Å². The van der Waals surface area contributed by atoms with Crippen LogP contribution < -0.4 is 20.9 Å². The molecule has 0 aliphatic heterocycles. The average Bonchev–Trinajstić information content (AvgIpc) is 2.68. The molecule has 2 rings (SSSR count). The lowest BCUT2D eigenvalue weighted by Crippen LogP contribution is -2.47. The summed E-state index contributed by atoms with van der Waals surface area (Å²) in [6.45, 7) is 8.99. The van der Waals surface area contributed by atoms with Gasteiger partial charge in [-0.3, -0.25) is 25.2 Å². The highest BCUT2D eigenvalue weighted by Crippen LogP contribution is 2.28. The monoisotopic (exact) mass is 475 g/mol. The van der Waals surface area contributed by atoms with E-state index in [-0.39, 0.29) is 11.8 Å². The normalized spacial score (nSPS) is 11.6. The molecular weight excluding hydrogens is 450 g/mol. The number of amides is 3. The molecule has 0 saturated carbocycles. The molecule has 0 bridgehead atoms. The molecule has 2 aromatic rings. The number of carbonyl (C=O) groups is 3. The Morgan fingerprint density at radius 2 is 1.47 bits per heavy atom. The van der Waals surface area contributed by atoms with Crippen molar-refractivity contribution >= 4 is 39.3 Å². The van der Waals surface area contributed by atoms with Gasteiger partial charge in [-0.25, -0.2) is 0 Å². The van der Waals surface area contributed by atoms with E-state index in [1.165, 1.54) is 0 Å². The number of hydrogen-bond donors (Lipinski definition) is 3. The fourth-order valence-corrected chi connectivity index (χ4v) is 3.28. The summed E-state index contributed by atoms with van der Waals surface area (Å²) >= 11 is 3.42. The highest BCUT2D eigenvalue weighted by atomic mass is 79.9. The third-order valence-corrected chi connectivity index (χ3v) is 4.79. The minimum Gasteiger partial charge on any atom is -0.480 e. The third-order valence-electron chi connectivity index (χ3n) is 4.33. The van der Waals surface area contributed by atoms with Crippen LogP contribution >= 0.6 is 15.9 Å². The summed E-state index contributed by atoms with van der Waals surface area (Å²) in [5.74, 6) is -0.576. The van der Waals surface area contributed by atoms with Gasteiger partial charge in [0.15, 0.2) is 6.10 Å². The van der Waals surface area contributed by atoms with Crippen LogP contribution in [0, 0.1) is 19.8 Å². The Morgan fingerprint density at radius 1 is 0.900 bits per heavy atom. The van der Waals surface area contributed by atoms with Crippen LogP contribution in [0.1, 0.15) is 42.3 Å². The van der Waals surface area contributed by atoms with Gasteiger partial charge in [-0.2, -0.15) is 0 Å². The first-order valence-electron chi connectivity index (χ1n) is 9.53. The quantitative estimate of drug-likeness (QED) is 0.552. The maximum atomic E-state index is 12.3. The van der Waals surface area contributed by atoms with Crippen LogP contribution in [0.15, 0.2) is 40.9 Å². The molecule has 0 aliphatic carbocycles. The maximum Gasteiger partial charge on any atom is 0.279 e. The standard InChI is InChI=1S/C22H26BrN3O4/c1-12(2)20(27)24-18-8-6-16(7-9-18)22(29)26-25-21(28)15(5)30-19-13(3)10-17(23)11-14(19)4/h6-12,15H,1-5H3,(H,24,27)(H,25,28)(H,26,29). The Labute approximate surface area is 184 Å². The second kappa shape index (κ2) is 10.2. The van der Waals surface area contributed by atoms with Gasteiger partial charge in [0.25, 0.3) is 11.8 Å². The molecule has 160 valence electrons. The van der Waals surface area contributed by atoms with Crippen LogP contribution in [0.4, 0.5) is 5.69 Å². The van der Waals surface area contributed by atoms with E-state index in [1.54, 1.807) is 45.0 Å². The summed E-state index contributed by atoms with van der Waals surface area (Å²) in [7, 11) is 0. The van der Waals surface area contributed by atoms with Gasteiger partial charge in [-0.15, -0.1) is 0 Å². The maximum absolute atomic E-state index is 12.3. The number of hydrogen-bond acceptors (Lipinski definition) is 4. The first kappa shape index (κ1) is 23.4. The lowest BCUT2D eigenvalue weighted by Gasteiger charge is -2.18. The van der Waals surface area contributed by atoms with Gasteiger partial charge in [0.2, 0.25) is 5.91 Å². The van der Waals surface area contributed by atoms with Gasteiger partial charge < -0.3 is 10.1 Å². The zero-order chi connectivity index (χ0) is 22.4. The molecule has 1 atom stereocenters. The number of anilines is 1. The zero-order valence-electron chi connectivity index (χ0n) is 17.6. The highest BCUT2D eigenvalue weighted by Gasteiger charge is 2.18. The summed E-state index contributed by atoms with van der Waals surface area (Å²) in [6, 6.07) is 10.2. The number of rotatable bonds is 6. The van der Waals surface area contributed by atoms with E-state index in [1.807, 2.05) is 26.0 Å². The van der Waals surface area contributed by atoms with Crippen molar-refractivity contribution in [3.05, 3.63) is 57.6 Å². The SMILES string of the molecule is Cc1cc(Br)cc(C)c1OC(C)C(=O)NNC(=O)c1ccc(NC(=O)C(C)C)cc1. The third kappa shape index (κ3) is 6.32. The number of ether oxygens (including phenoxy) is 1. The van der Waals surface area contributed by atoms with Crippen molar-refractivity contribution in [2.75, 3.05) is 5.32 Å². The molecule has 30 heavy (non-hydrogen) atoms. The Morgan fingerprint density at radius 3 is 2.00 bits per heavy atom. The number of hydrazine groups is 1. The van der Waals surface area contributed by atoms with E-state index >= 15 is 0 Å². The molecule has 0 fully saturated rings. The number of aryl methyl sites for hydroxylation is 2. The van der Waals surface area contributed by atoms with E-state index in [0.29, 0.717) is 17.0 Å². The van der Waals surface area contributed by atoms with E-state index in [2.05, 4.69) is 32.1 Å². The molecule has 0 saturated heterocycles. The molecule has 0 spiro atoms. The predicted octanol–water partition coefficient (Wildman–Crippen LogP) is 3.89. The van der Waals surface area contributed by atoms with Crippen molar-refractivity contribution in [3.63, 3.8) is 0 Å². The van der Waals surface area contributed by atoms with Crippen LogP contribution in [-0.2, 0) is 9.59 Å². The van der Waals surface area contributed by atoms with Crippen LogP contribution in [0.2, 0.25) is 0 Å². The molecule has 3 N–H and O–H groups in total. The molecule has 1 unspecified atom stereocenters. The Bertz CT molecular complexity index is 919. The summed E-state index contributed by atoms with van der Waals surface area (Å²) in [5, 5.41) is 2.75. The predicted molar refractivity (Wildman–Crippen MR) is 119 cm³/mol. The van der Waals surface area contributed by atoms with E-state index in [9.17, 15) is 14.4 Å². The zero-order valence-corrected chi connectivity index (χ0v) is 19.2. The van der Waals surface area contributed by atoms with Gasteiger partial charge in [-0.05, 0) is 68.3 Å². The van der Waals surface area contributed by atoms with E-state index in [4.69, 9.17) is 4.74 Å². The fraction of sp³-hybridized carbons (Fsp3) is 0.318. The van der Waals surface area contributed by atoms with Crippen LogP contribution in [0.3, 0.4) is 0 Å². The molecule has 7 nitrogen and oxygen atoms in total. The number of carbonyl (C=O) groups excluding carboxylic acids is 3. The van der Waals surface area contributed by atoms with Crippen LogP contribution in [0.25, 0.3) is 0 Å². The first-order valence-corrected chi connectivity index (χ1v) is 10.3. The Hall–Kier alpha value is -2.87. The van der Waals surface area contributed by atoms with Crippen LogP contribution in [-0.4, -0.2) is 23.8 Å². The van der Waals surface area contributed by atoms with Crippen LogP contribution in [0.5, 0.6) is 5.75 Å². The topological polar surface area (TPSA) is 96.5 Å². The van der Waals surface area contributed by atoms with Gasteiger partial charge >= 0.3 is 0 Å². The summed E-state index contributed by atoms with van der Waals surface area (Å²) < 4.78 is 6.71. The second-order valence-corrected chi connectivity index (χ2v) is 8.21. The van der Waals surface area contributed by atoms with Crippen molar-refractivity contribution < 1.29 is 19.1 Å². The largest absolute Gasteiger partial charge is 0.480 e. The fourth-order valence-electron chi connectivity index (χ4n) is 2.60. The molecule has 2 aromatic carbocycles. The molecule has 8 heteroatoms. The summed E-state index contributed by atoms with van der Waals surface area (Å²) in [5.41, 5.74) is 7.47. The number of nitrogens with one attached hydrogen (secondary N) is 3. The molecular formula is C22H26BrN3O4. The highest BCUT2D eigenvalue weighted by molar-refractivity contribution is 9.10. The summed E-state index contributed by atoms with van der Waals surface area (Å²) in [4.78, 5) is 36.3. The van der Waals surface area contributed by atoms with Crippen molar-refractivity contribution in [1.29, 1.82) is 0 Å². The van der Waals surface area contributed by atoms with Gasteiger partial charge in [0, 0.05) is 21.6 Å². The van der Waals surface area contributed by atoms with E-state index in [0.717, 1.165) is 15.6 Å². The smallest absolute Gasteiger partial charge is 0.279 e. The molecule has 0 aliphatic rings. The Kier molecular flexibility index (Phi) is 8.00.